The number of rotatable bonds is 7. The molecule has 0 spiro atoms. The number of hydrogen-bond acceptors (Lipinski definition) is 0. The largest absolute Gasteiger partial charge is 0.0654 e. The van der Waals surface area contributed by atoms with Gasteiger partial charge in [-0.05, 0) is 17.8 Å². The summed E-state index contributed by atoms with van der Waals surface area (Å²) in [6.45, 7) is 16.0. The van der Waals surface area contributed by atoms with E-state index in [2.05, 4.69) is 48.5 Å². The summed E-state index contributed by atoms with van der Waals surface area (Å²) in [5.74, 6) is 2.83. The summed E-state index contributed by atoms with van der Waals surface area (Å²) in [4.78, 5) is 0. The highest BCUT2D eigenvalue weighted by molar-refractivity contribution is 4.56. The molecule has 0 N–H and O–H groups in total. The Morgan fingerprint density at radius 2 is 1.00 bits per heavy atom. The fourth-order valence-electron chi connectivity index (χ4n) is 1.91. The van der Waals surface area contributed by atoms with Crippen molar-refractivity contribution < 1.29 is 0 Å². The van der Waals surface area contributed by atoms with Crippen LogP contribution in [0.25, 0.3) is 0 Å². The monoisotopic (exact) mass is 228 g/mol. The van der Waals surface area contributed by atoms with E-state index in [1.807, 2.05) is 0 Å². The van der Waals surface area contributed by atoms with Crippen LogP contribution in [0.1, 0.15) is 87.0 Å². The molecule has 0 rings (SSSR count). The van der Waals surface area contributed by atoms with Crippen LogP contribution in [0.5, 0.6) is 0 Å². The lowest BCUT2D eigenvalue weighted by molar-refractivity contribution is 0.367. The molecule has 0 saturated heterocycles. The average Bonchev–Trinajstić information content (AvgIpc) is 2.34. The molecule has 0 radical (unpaired) electrons. The summed E-state index contributed by atoms with van der Waals surface area (Å²) in [6, 6.07) is 0. The second kappa shape index (κ2) is 13.1. The molecule has 2 unspecified atom stereocenters. The molecule has 100 valence electrons. The molecule has 0 fully saturated rings. The van der Waals surface area contributed by atoms with Crippen molar-refractivity contribution in [3.63, 3.8) is 0 Å². The van der Waals surface area contributed by atoms with Crippen LogP contribution in [0.3, 0.4) is 0 Å². The van der Waals surface area contributed by atoms with Crippen molar-refractivity contribution in [2.45, 2.75) is 87.0 Å². The third-order valence-corrected chi connectivity index (χ3v) is 4.11. The van der Waals surface area contributed by atoms with Crippen LogP contribution >= 0.6 is 0 Å². The highest BCUT2D eigenvalue weighted by Gasteiger charge is 2.05. The molecule has 0 aromatic carbocycles. The Morgan fingerprint density at radius 1 is 0.625 bits per heavy atom. The normalized spacial score (nSPS) is 14.2. The Balaban J connectivity index is 0. The molecular weight excluding hydrogens is 192 g/mol. The minimum atomic E-state index is 0.917. The third-order valence-electron chi connectivity index (χ3n) is 4.11. The fourth-order valence-corrected chi connectivity index (χ4v) is 1.91. The van der Waals surface area contributed by atoms with Crippen molar-refractivity contribution >= 4 is 0 Å². The number of hydrogen-bond donors (Lipinski definition) is 0. The quantitative estimate of drug-likeness (QED) is 0.479. The summed E-state index contributed by atoms with van der Waals surface area (Å²) < 4.78 is 0. The van der Waals surface area contributed by atoms with Crippen LogP contribution in [0.4, 0.5) is 0 Å². The molecule has 0 aliphatic carbocycles. The van der Waals surface area contributed by atoms with Gasteiger partial charge >= 0.3 is 0 Å². The molecule has 0 heterocycles. The lowest BCUT2D eigenvalue weighted by atomic mass is 9.92. The molecular formula is C16H36. The topological polar surface area (TPSA) is 0 Å². The van der Waals surface area contributed by atoms with Gasteiger partial charge in [-0.15, -0.1) is 0 Å². The first kappa shape index (κ1) is 18.4. The van der Waals surface area contributed by atoms with Gasteiger partial charge in [-0.2, -0.15) is 0 Å². The summed E-state index contributed by atoms with van der Waals surface area (Å²) in [5, 5.41) is 0. The molecule has 0 amide bonds. The molecule has 0 aromatic rings. The zero-order chi connectivity index (χ0) is 13.0. The Bertz CT molecular complexity index is 101. The van der Waals surface area contributed by atoms with E-state index in [1.54, 1.807) is 0 Å². The van der Waals surface area contributed by atoms with E-state index in [0.29, 0.717) is 0 Å². The van der Waals surface area contributed by atoms with Crippen LogP contribution in [0.2, 0.25) is 0 Å². The summed E-state index contributed by atoms with van der Waals surface area (Å²) in [7, 11) is 0. The second-order valence-electron chi connectivity index (χ2n) is 5.24. The van der Waals surface area contributed by atoms with Crippen LogP contribution < -0.4 is 0 Å². The van der Waals surface area contributed by atoms with Crippen molar-refractivity contribution in [2.75, 3.05) is 0 Å². The first-order chi connectivity index (χ1) is 7.56. The molecule has 16 heavy (non-hydrogen) atoms. The maximum absolute atomic E-state index is 2.33. The highest BCUT2D eigenvalue weighted by atomic mass is 14.1. The standard InChI is InChI=1S/2C8H18/c1-5-7(3)8(4)6-2;1-4-7-8(5-2)6-3/h7-8H,5-6H2,1-4H3;8H,4-7H2,1-3H3. The van der Waals surface area contributed by atoms with E-state index in [4.69, 9.17) is 0 Å². The van der Waals surface area contributed by atoms with Gasteiger partial charge < -0.3 is 0 Å². The minimum absolute atomic E-state index is 0.917. The van der Waals surface area contributed by atoms with Gasteiger partial charge in [0.2, 0.25) is 0 Å². The van der Waals surface area contributed by atoms with Crippen molar-refractivity contribution in [3.8, 4) is 0 Å². The third kappa shape index (κ3) is 10.5. The predicted molar refractivity (Wildman–Crippen MR) is 77.9 cm³/mol. The Kier molecular flexibility index (Phi) is 15.0. The van der Waals surface area contributed by atoms with Crippen molar-refractivity contribution in [2.24, 2.45) is 17.8 Å². The smallest absolute Gasteiger partial charge is 0.0420 e. The lowest BCUT2D eigenvalue weighted by Gasteiger charge is -2.14. The fraction of sp³-hybridized carbons (Fsp3) is 1.00. The first-order valence-electron chi connectivity index (χ1n) is 7.56. The molecule has 0 nitrogen and oxygen atoms in total. The minimum Gasteiger partial charge on any atom is -0.0654 e. The Morgan fingerprint density at radius 3 is 1.12 bits per heavy atom. The molecule has 0 bridgehead atoms. The summed E-state index contributed by atoms with van der Waals surface area (Å²) >= 11 is 0. The van der Waals surface area contributed by atoms with Crippen LogP contribution in [0.15, 0.2) is 0 Å². The molecule has 2 atom stereocenters. The van der Waals surface area contributed by atoms with E-state index < -0.39 is 0 Å². The molecule has 0 aromatic heterocycles. The maximum Gasteiger partial charge on any atom is -0.0420 e. The molecule has 0 aliphatic heterocycles. The van der Waals surface area contributed by atoms with Gasteiger partial charge in [0.05, 0.1) is 0 Å². The van der Waals surface area contributed by atoms with Gasteiger partial charge in [0, 0.05) is 0 Å². The highest BCUT2D eigenvalue weighted by Crippen LogP contribution is 2.16. The second-order valence-corrected chi connectivity index (χ2v) is 5.24. The van der Waals surface area contributed by atoms with Gasteiger partial charge in [0.1, 0.15) is 0 Å². The van der Waals surface area contributed by atoms with Gasteiger partial charge in [0.15, 0.2) is 0 Å². The van der Waals surface area contributed by atoms with Gasteiger partial charge in [0.25, 0.3) is 0 Å². The molecule has 0 saturated carbocycles. The van der Waals surface area contributed by atoms with Crippen LogP contribution in [-0.4, -0.2) is 0 Å². The zero-order valence-corrected chi connectivity index (χ0v) is 13.0. The van der Waals surface area contributed by atoms with E-state index in [0.717, 1.165) is 17.8 Å². The molecule has 0 heteroatoms. The van der Waals surface area contributed by atoms with E-state index in [9.17, 15) is 0 Å². The van der Waals surface area contributed by atoms with Gasteiger partial charge in [-0.3, -0.25) is 0 Å². The average molecular weight is 228 g/mol. The van der Waals surface area contributed by atoms with Gasteiger partial charge in [-0.1, -0.05) is 87.0 Å². The van der Waals surface area contributed by atoms with Crippen molar-refractivity contribution in [1.29, 1.82) is 0 Å². The lowest BCUT2D eigenvalue weighted by Crippen LogP contribution is -2.04. The Labute approximate surface area is 105 Å². The van der Waals surface area contributed by atoms with Crippen LogP contribution in [0, 0.1) is 17.8 Å². The molecule has 0 aliphatic rings. The van der Waals surface area contributed by atoms with Crippen LogP contribution in [-0.2, 0) is 0 Å². The van der Waals surface area contributed by atoms with E-state index >= 15 is 0 Å². The Hall–Kier alpha value is 0. The maximum atomic E-state index is 2.33. The summed E-state index contributed by atoms with van der Waals surface area (Å²) in [6.07, 6.45) is 8.16. The van der Waals surface area contributed by atoms with Gasteiger partial charge in [-0.25, -0.2) is 0 Å². The van der Waals surface area contributed by atoms with Crippen molar-refractivity contribution in [3.05, 3.63) is 0 Å². The van der Waals surface area contributed by atoms with E-state index in [1.165, 1.54) is 38.5 Å². The first-order valence-corrected chi connectivity index (χ1v) is 7.56. The zero-order valence-electron chi connectivity index (χ0n) is 13.0. The van der Waals surface area contributed by atoms with E-state index in [-0.39, 0.29) is 0 Å². The summed E-state index contributed by atoms with van der Waals surface area (Å²) in [5.41, 5.74) is 0. The predicted octanol–water partition coefficient (Wildman–Crippen LogP) is 6.30. The van der Waals surface area contributed by atoms with Crippen molar-refractivity contribution in [1.82, 2.24) is 0 Å². The SMILES string of the molecule is CCC(C)C(C)CC.CCCC(CC)CC.